The number of hydrogen-bond acceptors (Lipinski definition) is 0. The molecule has 0 spiro atoms. The van der Waals surface area contributed by atoms with Gasteiger partial charge in [0.25, 0.3) is 0 Å². The lowest BCUT2D eigenvalue weighted by atomic mass is 10.1. The first-order valence-electron chi connectivity index (χ1n) is 4.83. The molecule has 0 aliphatic rings. The predicted octanol–water partition coefficient (Wildman–Crippen LogP) is 5.14. The Morgan fingerprint density at radius 3 is 2.19 bits per heavy atom. The van der Waals surface area contributed by atoms with E-state index in [-0.39, 0.29) is 0 Å². The summed E-state index contributed by atoms with van der Waals surface area (Å²) in [6, 6.07) is 14.7. The highest BCUT2D eigenvalue weighted by Crippen LogP contribution is 2.22. The lowest BCUT2D eigenvalue weighted by Crippen LogP contribution is -1.90. The zero-order valence-electron chi connectivity index (χ0n) is 8.38. The number of rotatable bonds is 2. The average molecular weight is 454 g/mol. The SMILES string of the molecule is Clc1ccc(I)cc1Cc1ccc(I)cc1. The van der Waals surface area contributed by atoms with Gasteiger partial charge in [-0.2, -0.15) is 0 Å². The maximum atomic E-state index is 6.17. The van der Waals surface area contributed by atoms with Crippen LogP contribution in [0.15, 0.2) is 42.5 Å². The molecule has 0 heterocycles. The third-order valence-corrected chi connectivity index (χ3v) is 4.07. The number of halogens is 3. The van der Waals surface area contributed by atoms with Crippen molar-refractivity contribution in [3.8, 4) is 0 Å². The van der Waals surface area contributed by atoms with Crippen molar-refractivity contribution in [3.63, 3.8) is 0 Å². The zero-order chi connectivity index (χ0) is 11.5. The predicted molar refractivity (Wildman–Crippen MR) is 86.1 cm³/mol. The first-order chi connectivity index (χ1) is 7.65. The molecule has 16 heavy (non-hydrogen) atoms. The first-order valence-corrected chi connectivity index (χ1v) is 7.37. The third-order valence-electron chi connectivity index (χ3n) is 2.32. The Morgan fingerprint density at radius 1 is 0.875 bits per heavy atom. The minimum absolute atomic E-state index is 0.846. The summed E-state index contributed by atoms with van der Waals surface area (Å²) >= 11 is 10.8. The molecule has 0 atom stereocenters. The van der Waals surface area contributed by atoms with Crippen LogP contribution in [0, 0.1) is 7.14 Å². The van der Waals surface area contributed by atoms with Crippen LogP contribution in [-0.4, -0.2) is 0 Å². The fourth-order valence-corrected chi connectivity index (χ4v) is 2.60. The molecule has 3 heteroatoms. The second-order valence-electron chi connectivity index (χ2n) is 3.54. The molecule has 2 rings (SSSR count). The smallest absolute Gasteiger partial charge is 0.0442 e. The molecule has 2 aromatic carbocycles. The molecule has 0 N–H and O–H groups in total. The number of benzene rings is 2. The summed E-state index contributed by atoms with van der Waals surface area (Å²) in [5.74, 6) is 0. The lowest BCUT2D eigenvalue weighted by Gasteiger charge is -2.05. The van der Waals surface area contributed by atoms with Gasteiger partial charge in [0.05, 0.1) is 0 Å². The topological polar surface area (TPSA) is 0 Å². The Balaban J connectivity index is 2.26. The maximum Gasteiger partial charge on any atom is 0.0442 e. The van der Waals surface area contributed by atoms with E-state index in [1.54, 1.807) is 0 Å². The monoisotopic (exact) mass is 454 g/mol. The van der Waals surface area contributed by atoms with E-state index in [0.717, 1.165) is 11.4 Å². The third kappa shape index (κ3) is 3.34. The Morgan fingerprint density at radius 2 is 1.50 bits per heavy atom. The van der Waals surface area contributed by atoms with Gasteiger partial charge < -0.3 is 0 Å². The Kier molecular flexibility index (Phi) is 4.49. The average Bonchev–Trinajstić information content (AvgIpc) is 2.27. The van der Waals surface area contributed by atoms with Gasteiger partial charge in [0.2, 0.25) is 0 Å². The molecule has 0 bridgehead atoms. The molecule has 0 aromatic heterocycles. The van der Waals surface area contributed by atoms with E-state index in [1.807, 2.05) is 12.1 Å². The van der Waals surface area contributed by atoms with Crippen molar-refractivity contribution in [2.45, 2.75) is 6.42 Å². The fraction of sp³-hybridized carbons (Fsp3) is 0.0769. The van der Waals surface area contributed by atoms with Gasteiger partial charge in [-0.05, 0) is 93.1 Å². The van der Waals surface area contributed by atoms with Crippen LogP contribution >= 0.6 is 56.8 Å². The summed E-state index contributed by atoms with van der Waals surface area (Å²) in [7, 11) is 0. The largest absolute Gasteiger partial charge is 0.0840 e. The minimum Gasteiger partial charge on any atom is -0.0840 e. The quantitative estimate of drug-likeness (QED) is 0.552. The van der Waals surface area contributed by atoms with E-state index in [1.165, 1.54) is 18.3 Å². The van der Waals surface area contributed by atoms with Gasteiger partial charge >= 0.3 is 0 Å². The van der Waals surface area contributed by atoms with Crippen LogP contribution < -0.4 is 0 Å². The molecule has 0 unspecified atom stereocenters. The second kappa shape index (κ2) is 5.69. The molecular weight excluding hydrogens is 445 g/mol. The number of hydrogen-bond donors (Lipinski definition) is 0. The van der Waals surface area contributed by atoms with Crippen molar-refractivity contribution in [2.24, 2.45) is 0 Å². The van der Waals surface area contributed by atoms with Crippen molar-refractivity contribution in [3.05, 3.63) is 65.8 Å². The standard InChI is InChI=1S/C13H9ClI2/c14-13-6-5-12(16)8-10(13)7-9-1-3-11(15)4-2-9/h1-6,8H,7H2. The zero-order valence-corrected chi connectivity index (χ0v) is 13.5. The van der Waals surface area contributed by atoms with Crippen LogP contribution in [0.5, 0.6) is 0 Å². The van der Waals surface area contributed by atoms with E-state index in [0.29, 0.717) is 0 Å². The van der Waals surface area contributed by atoms with E-state index in [9.17, 15) is 0 Å². The highest BCUT2D eigenvalue weighted by Gasteiger charge is 2.02. The van der Waals surface area contributed by atoms with Crippen LogP contribution in [0.4, 0.5) is 0 Å². The Bertz CT molecular complexity index is 492. The summed E-state index contributed by atoms with van der Waals surface area (Å²) in [6.45, 7) is 0. The van der Waals surface area contributed by atoms with Gasteiger partial charge in [0.1, 0.15) is 0 Å². The Hall–Kier alpha value is 0.190. The highest BCUT2D eigenvalue weighted by molar-refractivity contribution is 14.1. The van der Waals surface area contributed by atoms with E-state index < -0.39 is 0 Å². The summed E-state index contributed by atoms with van der Waals surface area (Å²) in [4.78, 5) is 0. The molecular formula is C13H9ClI2. The van der Waals surface area contributed by atoms with Gasteiger partial charge in [-0.15, -0.1) is 0 Å². The molecule has 0 aliphatic carbocycles. The van der Waals surface area contributed by atoms with Gasteiger partial charge in [0.15, 0.2) is 0 Å². The highest BCUT2D eigenvalue weighted by atomic mass is 127. The molecule has 0 fully saturated rings. The molecule has 0 aliphatic heterocycles. The van der Waals surface area contributed by atoms with Crippen molar-refractivity contribution in [2.75, 3.05) is 0 Å². The van der Waals surface area contributed by atoms with E-state index >= 15 is 0 Å². The molecule has 0 saturated heterocycles. The van der Waals surface area contributed by atoms with Gasteiger partial charge in [-0.25, -0.2) is 0 Å². The molecule has 0 nitrogen and oxygen atoms in total. The van der Waals surface area contributed by atoms with Gasteiger partial charge in [-0.3, -0.25) is 0 Å². The molecule has 82 valence electrons. The van der Waals surface area contributed by atoms with Crippen molar-refractivity contribution in [1.29, 1.82) is 0 Å². The molecule has 0 saturated carbocycles. The van der Waals surface area contributed by atoms with Crippen LogP contribution in [0.25, 0.3) is 0 Å². The first kappa shape index (κ1) is 12.6. The molecule has 0 radical (unpaired) electrons. The molecule has 2 aromatic rings. The minimum atomic E-state index is 0.846. The summed E-state index contributed by atoms with van der Waals surface area (Å²) < 4.78 is 2.48. The normalized spacial score (nSPS) is 10.4. The van der Waals surface area contributed by atoms with Crippen molar-refractivity contribution < 1.29 is 0 Å². The van der Waals surface area contributed by atoms with Crippen molar-refractivity contribution >= 4 is 56.8 Å². The maximum absolute atomic E-state index is 6.17. The fourth-order valence-electron chi connectivity index (χ4n) is 1.50. The lowest BCUT2D eigenvalue weighted by molar-refractivity contribution is 1.19. The van der Waals surface area contributed by atoms with E-state index in [2.05, 4.69) is 75.5 Å². The van der Waals surface area contributed by atoms with E-state index in [4.69, 9.17) is 11.6 Å². The van der Waals surface area contributed by atoms with Crippen molar-refractivity contribution in [1.82, 2.24) is 0 Å². The van der Waals surface area contributed by atoms with Crippen LogP contribution in [0.3, 0.4) is 0 Å². The van der Waals surface area contributed by atoms with Crippen LogP contribution in [0.1, 0.15) is 11.1 Å². The molecule has 0 amide bonds. The summed E-state index contributed by atoms with van der Waals surface area (Å²) in [5, 5.41) is 0.846. The summed E-state index contributed by atoms with van der Waals surface area (Å²) in [5.41, 5.74) is 2.49. The van der Waals surface area contributed by atoms with Gasteiger partial charge in [-0.1, -0.05) is 23.7 Å². The van der Waals surface area contributed by atoms with Gasteiger partial charge in [0, 0.05) is 12.2 Å². The van der Waals surface area contributed by atoms with Crippen LogP contribution in [-0.2, 0) is 6.42 Å². The summed E-state index contributed by atoms with van der Waals surface area (Å²) in [6.07, 6.45) is 0.895. The Labute approximate surface area is 128 Å². The van der Waals surface area contributed by atoms with Crippen LogP contribution in [0.2, 0.25) is 5.02 Å². The second-order valence-corrected chi connectivity index (χ2v) is 6.44.